The Bertz CT molecular complexity index is 213. The van der Waals surface area contributed by atoms with E-state index in [9.17, 15) is 0 Å². The SMILES string of the molecule is CCCOCC(N)C1CN2CCCC2CO1. The van der Waals surface area contributed by atoms with Crippen molar-refractivity contribution in [3.05, 3.63) is 0 Å². The van der Waals surface area contributed by atoms with Crippen LogP contribution in [0.3, 0.4) is 0 Å². The molecule has 0 saturated carbocycles. The Labute approximate surface area is 98.1 Å². The van der Waals surface area contributed by atoms with Gasteiger partial charge in [0.15, 0.2) is 0 Å². The molecule has 4 nitrogen and oxygen atoms in total. The van der Waals surface area contributed by atoms with Crippen LogP contribution in [0.15, 0.2) is 0 Å². The zero-order chi connectivity index (χ0) is 11.4. The highest BCUT2D eigenvalue weighted by molar-refractivity contribution is 4.88. The highest BCUT2D eigenvalue weighted by atomic mass is 16.5. The summed E-state index contributed by atoms with van der Waals surface area (Å²) in [5.41, 5.74) is 6.10. The van der Waals surface area contributed by atoms with Crippen LogP contribution in [-0.2, 0) is 9.47 Å². The Kier molecular flexibility index (Phi) is 4.58. The first-order chi connectivity index (χ1) is 7.81. The molecule has 0 amide bonds. The van der Waals surface area contributed by atoms with Crippen LogP contribution in [-0.4, -0.2) is 56.0 Å². The molecule has 4 heteroatoms. The van der Waals surface area contributed by atoms with E-state index in [2.05, 4.69) is 11.8 Å². The van der Waals surface area contributed by atoms with E-state index in [0.717, 1.165) is 26.2 Å². The first-order valence-corrected chi connectivity index (χ1v) is 6.50. The van der Waals surface area contributed by atoms with Crippen molar-refractivity contribution in [2.45, 2.75) is 44.4 Å². The molecule has 94 valence electrons. The van der Waals surface area contributed by atoms with Crippen LogP contribution in [0.1, 0.15) is 26.2 Å². The molecule has 0 aliphatic carbocycles. The third-order valence-corrected chi connectivity index (χ3v) is 3.55. The van der Waals surface area contributed by atoms with E-state index < -0.39 is 0 Å². The topological polar surface area (TPSA) is 47.7 Å². The quantitative estimate of drug-likeness (QED) is 0.700. The van der Waals surface area contributed by atoms with Gasteiger partial charge >= 0.3 is 0 Å². The van der Waals surface area contributed by atoms with Crippen molar-refractivity contribution in [3.63, 3.8) is 0 Å². The standard InChI is InChI=1S/C12H24N2O2/c1-2-6-15-9-11(13)12-7-14-5-3-4-10(14)8-16-12/h10-12H,2-9,13H2,1H3. The lowest BCUT2D eigenvalue weighted by Gasteiger charge is -2.37. The summed E-state index contributed by atoms with van der Waals surface area (Å²) in [6.45, 7) is 6.59. The number of fused-ring (bicyclic) bond motifs is 1. The van der Waals surface area contributed by atoms with Gasteiger partial charge in [-0.25, -0.2) is 0 Å². The van der Waals surface area contributed by atoms with Crippen LogP contribution in [0.2, 0.25) is 0 Å². The molecular weight excluding hydrogens is 204 g/mol. The predicted molar refractivity (Wildman–Crippen MR) is 63.4 cm³/mol. The minimum Gasteiger partial charge on any atom is -0.380 e. The second kappa shape index (κ2) is 5.96. The van der Waals surface area contributed by atoms with Gasteiger partial charge in [0.25, 0.3) is 0 Å². The molecule has 2 aliphatic heterocycles. The van der Waals surface area contributed by atoms with Crippen molar-refractivity contribution >= 4 is 0 Å². The van der Waals surface area contributed by atoms with Gasteiger partial charge in [-0.15, -0.1) is 0 Å². The first kappa shape index (κ1) is 12.3. The average molecular weight is 228 g/mol. The molecule has 0 spiro atoms. The number of nitrogens with two attached hydrogens (primary N) is 1. The minimum atomic E-state index is 0.0214. The summed E-state index contributed by atoms with van der Waals surface area (Å²) in [4.78, 5) is 2.52. The second-order valence-electron chi connectivity index (χ2n) is 4.90. The molecule has 16 heavy (non-hydrogen) atoms. The molecule has 2 saturated heterocycles. The van der Waals surface area contributed by atoms with Gasteiger partial charge in [0.1, 0.15) is 0 Å². The fourth-order valence-corrected chi connectivity index (χ4v) is 2.57. The van der Waals surface area contributed by atoms with E-state index in [0.29, 0.717) is 12.6 Å². The lowest BCUT2D eigenvalue weighted by Crippen LogP contribution is -2.54. The molecular formula is C12H24N2O2. The third-order valence-electron chi connectivity index (χ3n) is 3.55. The van der Waals surface area contributed by atoms with Gasteiger partial charge in [-0.3, -0.25) is 4.90 Å². The number of hydrogen-bond acceptors (Lipinski definition) is 4. The Morgan fingerprint density at radius 3 is 3.25 bits per heavy atom. The molecule has 3 unspecified atom stereocenters. The van der Waals surface area contributed by atoms with Crippen molar-refractivity contribution in [2.75, 3.05) is 32.9 Å². The molecule has 0 aromatic heterocycles. The summed E-state index contributed by atoms with van der Waals surface area (Å²) >= 11 is 0. The predicted octanol–water partition coefficient (Wildman–Crippen LogP) is 0.604. The molecule has 2 heterocycles. The van der Waals surface area contributed by atoms with Crippen molar-refractivity contribution in [1.82, 2.24) is 4.90 Å². The van der Waals surface area contributed by atoms with E-state index >= 15 is 0 Å². The maximum absolute atomic E-state index is 6.10. The van der Waals surface area contributed by atoms with Crippen LogP contribution < -0.4 is 5.73 Å². The Balaban J connectivity index is 1.72. The summed E-state index contributed by atoms with van der Waals surface area (Å²) in [5.74, 6) is 0. The number of rotatable bonds is 5. The molecule has 2 aliphatic rings. The lowest BCUT2D eigenvalue weighted by molar-refractivity contribution is -0.0703. The van der Waals surface area contributed by atoms with Gasteiger partial charge in [0.05, 0.1) is 25.4 Å². The maximum Gasteiger partial charge on any atom is 0.0875 e. The van der Waals surface area contributed by atoms with Crippen molar-refractivity contribution in [3.8, 4) is 0 Å². The molecule has 2 fully saturated rings. The van der Waals surface area contributed by atoms with E-state index in [1.165, 1.54) is 19.4 Å². The Morgan fingerprint density at radius 1 is 1.56 bits per heavy atom. The molecule has 0 bridgehead atoms. The van der Waals surface area contributed by atoms with Crippen LogP contribution >= 0.6 is 0 Å². The molecule has 0 aromatic carbocycles. The van der Waals surface area contributed by atoms with Gasteiger partial charge in [-0.05, 0) is 25.8 Å². The number of morpholine rings is 1. The largest absolute Gasteiger partial charge is 0.380 e. The summed E-state index contributed by atoms with van der Waals surface area (Å²) in [5, 5.41) is 0. The smallest absolute Gasteiger partial charge is 0.0875 e. The Morgan fingerprint density at radius 2 is 2.44 bits per heavy atom. The fourth-order valence-electron chi connectivity index (χ4n) is 2.57. The van der Waals surface area contributed by atoms with Crippen molar-refractivity contribution in [2.24, 2.45) is 5.73 Å². The summed E-state index contributed by atoms with van der Waals surface area (Å²) < 4.78 is 11.3. The normalized spacial score (nSPS) is 32.6. The molecule has 0 aromatic rings. The van der Waals surface area contributed by atoms with Crippen molar-refractivity contribution in [1.29, 1.82) is 0 Å². The van der Waals surface area contributed by atoms with E-state index in [-0.39, 0.29) is 12.1 Å². The molecule has 2 N–H and O–H groups in total. The molecule has 0 radical (unpaired) electrons. The van der Waals surface area contributed by atoms with Gasteiger partial charge in [0, 0.05) is 19.2 Å². The monoisotopic (exact) mass is 228 g/mol. The molecule has 2 rings (SSSR count). The first-order valence-electron chi connectivity index (χ1n) is 6.50. The minimum absolute atomic E-state index is 0.0214. The summed E-state index contributed by atoms with van der Waals surface area (Å²) in [6.07, 6.45) is 3.80. The second-order valence-corrected chi connectivity index (χ2v) is 4.90. The van der Waals surface area contributed by atoms with E-state index in [1.807, 2.05) is 0 Å². The third kappa shape index (κ3) is 2.94. The van der Waals surface area contributed by atoms with Gasteiger partial charge < -0.3 is 15.2 Å². The maximum atomic E-state index is 6.10. The Hall–Kier alpha value is -0.160. The van der Waals surface area contributed by atoms with Crippen LogP contribution in [0.25, 0.3) is 0 Å². The van der Waals surface area contributed by atoms with E-state index in [1.54, 1.807) is 0 Å². The van der Waals surface area contributed by atoms with Gasteiger partial charge in [0.2, 0.25) is 0 Å². The molecule has 3 atom stereocenters. The zero-order valence-electron chi connectivity index (χ0n) is 10.2. The van der Waals surface area contributed by atoms with Crippen molar-refractivity contribution < 1.29 is 9.47 Å². The van der Waals surface area contributed by atoms with Gasteiger partial charge in [-0.1, -0.05) is 6.92 Å². The van der Waals surface area contributed by atoms with Crippen LogP contribution in [0.5, 0.6) is 0 Å². The summed E-state index contributed by atoms with van der Waals surface area (Å²) in [6, 6.07) is 0.674. The highest BCUT2D eigenvalue weighted by Gasteiger charge is 2.34. The zero-order valence-corrected chi connectivity index (χ0v) is 10.2. The summed E-state index contributed by atoms with van der Waals surface area (Å²) in [7, 11) is 0. The number of nitrogens with zero attached hydrogens (tertiary/aromatic N) is 1. The average Bonchev–Trinajstić information content (AvgIpc) is 2.76. The number of ether oxygens (including phenoxy) is 2. The van der Waals surface area contributed by atoms with Crippen LogP contribution in [0, 0.1) is 0 Å². The number of hydrogen-bond donors (Lipinski definition) is 1. The van der Waals surface area contributed by atoms with E-state index in [4.69, 9.17) is 15.2 Å². The fraction of sp³-hybridized carbons (Fsp3) is 1.00. The van der Waals surface area contributed by atoms with Crippen LogP contribution in [0.4, 0.5) is 0 Å². The van der Waals surface area contributed by atoms with Gasteiger partial charge in [-0.2, -0.15) is 0 Å². The highest BCUT2D eigenvalue weighted by Crippen LogP contribution is 2.23. The lowest BCUT2D eigenvalue weighted by atomic mass is 10.1.